The Morgan fingerprint density at radius 3 is 2.22 bits per heavy atom. The van der Waals surface area contributed by atoms with E-state index in [9.17, 15) is 44.7 Å². The zero-order valence-electron chi connectivity index (χ0n) is 26.2. The molecule has 0 aromatic heterocycles. The summed E-state index contributed by atoms with van der Waals surface area (Å²) in [7, 11) is 0. The molecular weight excluding hydrogens is 588 g/mol. The first-order valence-electron chi connectivity index (χ1n) is 15.1. The molecule has 0 amide bonds. The molecule has 45 heavy (non-hydrogen) atoms. The minimum absolute atomic E-state index is 0.0665. The summed E-state index contributed by atoms with van der Waals surface area (Å²) in [5.74, 6) is -9.74. The van der Waals surface area contributed by atoms with Gasteiger partial charge in [-0.25, -0.2) is 19.2 Å². The number of fused-ring (bicyclic) bond motifs is 2. The lowest BCUT2D eigenvalue weighted by Gasteiger charge is -2.48. The van der Waals surface area contributed by atoms with E-state index in [2.05, 4.69) is 0 Å². The van der Waals surface area contributed by atoms with Gasteiger partial charge in [-0.3, -0.25) is 0 Å². The van der Waals surface area contributed by atoms with Crippen molar-refractivity contribution >= 4 is 23.9 Å². The standard InChI is InChI=1S/C33H44O12/c1-6-19(2)16-20(3)12-13-24(34)43-26-25(35)31(15-14-21(4)17-22(5)18-23-10-8-7-9-11-23)44-27(28(36)37)32(42,29(38)39)33(26,45-31)30(40)41/h7-13,17,19-20,22,25-27,35,42H,6,14-16,18H2,1-5H3,(H,36,37)(H,38,39)(H,40,41)/b13-12+,21-17+/t19-,20+,22?,25+,26+,27+,31+,32+,33+/m0/s1. The van der Waals surface area contributed by atoms with Crippen LogP contribution in [0.25, 0.3) is 0 Å². The lowest BCUT2D eigenvalue weighted by molar-refractivity contribution is -0.374. The van der Waals surface area contributed by atoms with E-state index in [4.69, 9.17) is 14.2 Å². The second-order valence-electron chi connectivity index (χ2n) is 12.4. The van der Waals surface area contributed by atoms with Crippen molar-refractivity contribution in [3.8, 4) is 0 Å². The summed E-state index contributed by atoms with van der Waals surface area (Å²) in [4.78, 5) is 50.5. The smallest absolute Gasteiger partial charge is 0.344 e. The maximum Gasteiger partial charge on any atom is 0.344 e. The van der Waals surface area contributed by atoms with Crippen LogP contribution in [-0.2, 0) is 39.8 Å². The fourth-order valence-corrected chi connectivity index (χ4v) is 6.22. The molecule has 3 rings (SSSR count). The molecule has 2 bridgehead atoms. The van der Waals surface area contributed by atoms with Crippen molar-refractivity contribution < 1.29 is 58.9 Å². The quantitative estimate of drug-likeness (QED) is 0.108. The predicted octanol–water partition coefficient (Wildman–Crippen LogP) is 3.34. The molecule has 1 unspecified atom stereocenters. The zero-order chi connectivity index (χ0) is 33.7. The second kappa shape index (κ2) is 14.2. The number of allylic oxidation sites excluding steroid dienone is 3. The Hall–Kier alpha value is -3.58. The van der Waals surface area contributed by atoms with Gasteiger partial charge in [0, 0.05) is 12.5 Å². The number of aliphatic carboxylic acids is 3. The van der Waals surface area contributed by atoms with Gasteiger partial charge < -0.3 is 39.7 Å². The number of carboxylic acids is 3. The Balaban J connectivity index is 1.97. The van der Waals surface area contributed by atoms with Crippen LogP contribution in [0.1, 0.15) is 65.9 Å². The Labute approximate surface area is 262 Å². The van der Waals surface area contributed by atoms with Gasteiger partial charge in [-0.05, 0) is 49.5 Å². The van der Waals surface area contributed by atoms with Crippen LogP contribution in [0, 0.1) is 17.8 Å². The van der Waals surface area contributed by atoms with E-state index in [0.29, 0.717) is 5.92 Å². The Morgan fingerprint density at radius 2 is 1.67 bits per heavy atom. The maximum absolute atomic E-state index is 12.9. The maximum atomic E-state index is 12.9. The molecule has 0 aliphatic carbocycles. The lowest BCUT2D eigenvalue weighted by Crippen LogP contribution is -2.78. The van der Waals surface area contributed by atoms with Crippen molar-refractivity contribution in [1.29, 1.82) is 0 Å². The van der Waals surface area contributed by atoms with E-state index in [-0.39, 0.29) is 24.7 Å². The minimum atomic E-state index is -3.81. The molecule has 1 aromatic rings. The largest absolute Gasteiger partial charge is 0.479 e. The third kappa shape index (κ3) is 7.14. The third-order valence-corrected chi connectivity index (χ3v) is 8.72. The number of benzene rings is 1. The number of esters is 1. The summed E-state index contributed by atoms with van der Waals surface area (Å²) in [5, 5.41) is 53.1. The van der Waals surface area contributed by atoms with Crippen LogP contribution in [-0.4, -0.2) is 84.7 Å². The number of aliphatic hydroxyl groups excluding tert-OH is 1. The molecule has 2 fully saturated rings. The predicted molar refractivity (Wildman–Crippen MR) is 160 cm³/mol. The van der Waals surface area contributed by atoms with Crippen molar-refractivity contribution in [2.45, 2.75) is 102 Å². The van der Waals surface area contributed by atoms with Gasteiger partial charge in [0.15, 0.2) is 6.10 Å². The van der Waals surface area contributed by atoms with Gasteiger partial charge in [-0.15, -0.1) is 0 Å². The normalized spacial score (nSPS) is 31.7. The molecule has 0 spiro atoms. The Kier molecular flexibility index (Phi) is 11.4. The molecule has 0 radical (unpaired) electrons. The van der Waals surface area contributed by atoms with Crippen molar-refractivity contribution in [3.63, 3.8) is 0 Å². The molecular formula is C33H44O12. The third-order valence-electron chi connectivity index (χ3n) is 8.72. The topological polar surface area (TPSA) is 197 Å². The number of carboxylic acid groups (broad SMARTS) is 3. The van der Waals surface area contributed by atoms with Gasteiger partial charge in [0.25, 0.3) is 0 Å². The average molecular weight is 633 g/mol. The Bertz CT molecular complexity index is 1310. The number of hydrogen-bond donors (Lipinski definition) is 5. The molecule has 2 heterocycles. The lowest BCUT2D eigenvalue weighted by atomic mass is 9.74. The molecule has 12 heteroatoms. The summed E-state index contributed by atoms with van der Waals surface area (Å²) in [6.45, 7) is 9.68. The van der Waals surface area contributed by atoms with Gasteiger partial charge in [0.05, 0.1) is 0 Å². The van der Waals surface area contributed by atoms with E-state index in [1.165, 1.54) is 6.08 Å². The first kappa shape index (κ1) is 35.9. The summed E-state index contributed by atoms with van der Waals surface area (Å²) >= 11 is 0. The van der Waals surface area contributed by atoms with Crippen LogP contribution in [0.2, 0.25) is 0 Å². The highest BCUT2D eigenvalue weighted by atomic mass is 16.8. The average Bonchev–Trinajstić information content (AvgIpc) is 3.19. The fraction of sp³-hybridized carbons (Fsp3) is 0.576. The van der Waals surface area contributed by atoms with Crippen LogP contribution in [0.3, 0.4) is 0 Å². The number of carbonyl (C=O) groups is 4. The van der Waals surface area contributed by atoms with E-state index < -0.39 is 59.2 Å². The molecule has 0 saturated carbocycles. The number of aliphatic hydroxyl groups is 2. The molecule has 248 valence electrons. The molecule has 2 saturated heterocycles. The van der Waals surface area contributed by atoms with Gasteiger partial charge in [0.2, 0.25) is 23.1 Å². The van der Waals surface area contributed by atoms with Gasteiger partial charge in [-0.2, -0.15) is 0 Å². The van der Waals surface area contributed by atoms with Crippen molar-refractivity contribution in [2.24, 2.45) is 17.8 Å². The number of carbonyl (C=O) groups excluding carboxylic acids is 1. The van der Waals surface area contributed by atoms with E-state index in [1.54, 1.807) is 6.92 Å². The minimum Gasteiger partial charge on any atom is -0.479 e. The fourth-order valence-electron chi connectivity index (χ4n) is 6.22. The van der Waals surface area contributed by atoms with Crippen molar-refractivity contribution in [2.75, 3.05) is 0 Å². The summed E-state index contributed by atoms with van der Waals surface area (Å²) in [6.07, 6.45) is -0.646. The number of rotatable bonds is 15. The van der Waals surface area contributed by atoms with Crippen LogP contribution >= 0.6 is 0 Å². The van der Waals surface area contributed by atoms with Gasteiger partial charge in [-0.1, -0.05) is 82.2 Å². The summed E-state index contributed by atoms with van der Waals surface area (Å²) in [6, 6.07) is 9.74. The van der Waals surface area contributed by atoms with E-state index in [1.807, 2.05) is 64.1 Å². The first-order valence-corrected chi connectivity index (χ1v) is 15.1. The molecule has 2 aliphatic heterocycles. The SMILES string of the molecule is CC[C@H](C)C[C@H](C)/C=C/C(=O)O[C@@H]1[C@@H](O)[C@]2(CC/C(C)=C/C(C)Cc3ccccc3)O[C@H](C(=O)O)[C@@](O)(C(=O)O)[C@@]1(C(=O)O)O2. The van der Waals surface area contributed by atoms with E-state index >= 15 is 0 Å². The van der Waals surface area contributed by atoms with Crippen LogP contribution in [0.5, 0.6) is 0 Å². The Morgan fingerprint density at radius 1 is 1.02 bits per heavy atom. The number of hydrogen-bond acceptors (Lipinski definition) is 9. The van der Waals surface area contributed by atoms with Crippen LogP contribution in [0.15, 0.2) is 54.1 Å². The van der Waals surface area contributed by atoms with Gasteiger partial charge in [0.1, 0.15) is 6.10 Å². The van der Waals surface area contributed by atoms with Crippen molar-refractivity contribution in [1.82, 2.24) is 0 Å². The summed E-state index contributed by atoms with van der Waals surface area (Å²) in [5.41, 5.74) is -5.38. The second-order valence-corrected chi connectivity index (χ2v) is 12.4. The zero-order valence-corrected chi connectivity index (χ0v) is 26.2. The highest BCUT2D eigenvalue weighted by molar-refractivity contribution is 5.98. The van der Waals surface area contributed by atoms with Crippen molar-refractivity contribution in [3.05, 3.63) is 59.7 Å². The summed E-state index contributed by atoms with van der Waals surface area (Å²) < 4.78 is 16.5. The molecule has 9 atom stereocenters. The van der Waals surface area contributed by atoms with Crippen LogP contribution in [0.4, 0.5) is 0 Å². The highest BCUT2D eigenvalue weighted by Crippen LogP contribution is 2.55. The van der Waals surface area contributed by atoms with Crippen LogP contribution < -0.4 is 0 Å². The molecule has 1 aromatic carbocycles. The first-order chi connectivity index (χ1) is 21.0. The van der Waals surface area contributed by atoms with Gasteiger partial charge >= 0.3 is 23.9 Å². The number of ether oxygens (including phenoxy) is 3. The monoisotopic (exact) mass is 632 g/mol. The highest BCUT2D eigenvalue weighted by Gasteiger charge is 2.85. The molecule has 5 N–H and O–H groups in total. The molecule has 2 aliphatic rings. The molecule has 12 nitrogen and oxygen atoms in total. The van der Waals surface area contributed by atoms with E-state index in [0.717, 1.165) is 36.5 Å².